The molecule has 3 aromatic carbocycles. The highest BCUT2D eigenvalue weighted by Gasteiger charge is 2.43. The number of nitrogens with one attached hydrogen (secondary N) is 2. The van der Waals surface area contributed by atoms with Gasteiger partial charge in [-0.3, -0.25) is 0 Å². The first-order valence-corrected chi connectivity index (χ1v) is 10.8. The van der Waals surface area contributed by atoms with E-state index in [-0.39, 0.29) is 16.9 Å². The Hall–Kier alpha value is -2.94. The van der Waals surface area contributed by atoms with Gasteiger partial charge >= 0.3 is 5.97 Å². The second-order valence-electron chi connectivity index (χ2n) is 6.91. The molecule has 0 fully saturated rings. The molecule has 1 heterocycles. The van der Waals surface area contributed by atoms with E-state index in [1.54, 1.807) is 6.07 Å². The maximum atomic E-state index is 14.4. The van der Waals surface area contributed by atoms with Crippen molar-refractivity contribution in [2.75, 3.05) is 5.32 Å². The fraction of sp³-hybridized carbons (Fsp3) is 0.0952. The van der Waals surface area contributed by atoms with E-state index in [4.69, 9.17) is 16.7 Å². The average molecular weight is 447 g/mol. The highest BCUT2D eigenvalue weighted by molar-refractivity contribution is 7.89. The third-order valence-corrected chi connectivity index (χ3v) is 6.73. The van der Waals surface area contributed by atoms with Crippen LogP contribution in [-0.4, -0.2) is 19.5 Å². The van der Waals surface area contributed by atoms with Gasteiger partial charge in [-0.1, -0.05) is 29.8 Å². The summed E-state index contributed by atoms with van der Waals surface area (Å²) in [4.78, 5) is 11.2. The minimum atomic E-state index is -4.03. The molecule has 1 atom stereocenters. The van der Waals surface area contributed by atoms with Crippen molar-refractivity contribution < 1.29 is 22.7 Å². The second-order valence-corrected chi connectivity index (χ2v) is 9.03. The number of rotatable bonds is 5. The van der Waals surface area contributed by atoms with Crippen LogP contribution in [0.1, 0.15) is 21.5 Å². The Kier molecular flexibility index (Phi) is 5.01. The Morgan fingerprint density at radius 2 is 1.73 bits per heavy atom. The number of aromatic carboxylic acids is 1. The molecule has 0 amide bonds. The van der Waals surface area contributed by atoms with Crippen molar-refractivity contribution in [3.8, 4) is 0 Å². The van der Waals surface area contributed by atoms with Crippen LogP contribution in [0, 0.1) is 5.82 Å². The summed E-state index contributed by atoms with van der Waals surface area (Å²) in [5.74, 6) is -1.57. The molecule has 1 aliphatic heterocycles. The van der Waals surface area contributed by atoms with Crippen molar-refractivity contribution in [3.05, 3.63) is 94.3 Å². The van der Waals surface area contributed by atoms with Crippen LogP contribution >= 0.6 is 11.6 Å². The Morgan fingerprint density at radius 1 is 1.07 bits per heavy atom. The van der Waals surface area contributed by atoms with Gasteiger partial charge in [0.2, 0.25) is 10.0 Å². The molecule has 0 radical (unpaired) electrons. The Bertz CT molecular complexity index is 1230. The number of carboxylic acids is 1. The van der Waals surface area contributed by atoms with Crippen LogP contribution in [0.2, 0.25) is 5.02 Å². The first kappa shape index (κ1) is 20.3. The van der Waals surface area contributed by atoms with Crippen molar-refractivity contribution in [1.82, 2.24) is 4.72 Å². The zero-order valence-corrected chi connectivity index (χ0v) is 17.0. The van der Waals surface area contributed by atoms with Gasteiger partial charge in [0.05, 0.1) is 10.5 Å². The minimum absolute atomic E-state index is 0.00571. The maximum absolute atomic E-state index is 14.4. The molecule has 1 unspecified atom stereocenters. The molecule has 154 valence electrons. The summed E-state index contributed by atoms with van der Waals surface area (Å²) in [6.07, 6.45) is -0.00571. The number of benzene rings is 3. The molecule has 0 aromatic heterocycles. The van der Waals surface area contributed by atoms with E-state index >= 15 is 0 Å². The van der Waals surface area contributed by atoms with Gasteiger partial charge in [-0.05, 0) is 54.1 Å². The van der Waals surface area contributed by atoms with Crippen molar-refractivity contribution in [2.24, 2.45) is 0 Å². The average Bonchev–Trinajstić information content (AvgIpc) is 3.08. The maximum Gasteiger partial charge on any atom is 0.335 e. The molecule has 3 aromatic rings. The zero-order valence-electron chi connectivity index (χ0n) is 15.4. The predicted molar refractivity (Wildman–Crippen MR) is 111 cm³/mol. The number of sulfonamides is 1. The van der Waals surface area contributed by atoms with Crippen LogP contribution in [-0.2, 0) is 22.1 Å². The van der Waals surface area contributed by atoms with Crippen LogP contribution in [0.25, 0.3) is 0 Å². The summed E-state index contributed by atoms with van der Waals surface area (Å²) >= 11 is 5.86. The number of hydrogen-bond donors (Lipinski definition) is 3. The highest BCUT2D eigenvalue weighted by atomic mass is 35.5. The van der Waals surface area contributed by atoms with E-state index in [1.807, 2.05) is 0 Å². The summed E-state index contributed by atoms with van der Waals surface area (Å²) in [7, 11) is -4.03. The summed E-state index contributed by atoms with van der Waals surface area (Å²) in [5.41, 5.74) is -0.119. The van der Waals surface area contributed by atoms with E-state index in [0.29, 0.717) is 21.8 Å². The van der Waals surface area contributed by atoms with Gasteiger partial charge in [0.15, 0.2) is 0 Å². The third kappa shape index (κ3) is 3.65. The van der Waals surface area contributed by atoms with Crippen molar-refractivity contribution in [1.29, 1.82) is 0 Å². The fourth-order valence-corrected chi connectivity index (χ4v) is 4.93. The lowest BCUT2D eigenvalue weighted by molar-refractivity contribution is 0.0696. The Morgan fingerprint density at radius 3 is 2.33 bits per heavy atom. The molecule has 3 N–H and O–H groups in total. The first-order valence-electron chi connectivity index (χ1n) is 8.89. The Balaban J connectivity index is 1.80. The van der Waals surface area contributed by atoms with Gasteiger partial charge in [-0.25, -0.2) is 17.6 Å². The fourth-order valence-electron chi connectivity index (χ4n) is 3.49. The number of fused-ring (bicyclic) bond motifs is 1. The van der Waals surface area contributed by atoms with Crippen LogP contribution in [0.4, 0.5) is 10.1 Å². The summed E-state index contributed by atoms with van der Waals surface area (Å²) in [6, 6.07) is 15.9. The number of halogens is 2. The molecule has 0 bridgehead atoms. The van der Waals surface area contributed by atoms with Gasteiger partial charge in [-0.2, -0.15) is 4.72 Å². The summed E-state index contributed by atoms with van der Waals surface area (Å²) < 4.78 is 43.3. The molecule has 6 nitrogen and oxygen atoms in total. The van der Waals surface area contributed by atoms with Gasteiger partial charge in [0.1, 0.15) is 11.5 Å². The van der Waals surface area contributed by atoms with Crippen molar-refractivity contribution >= 4 is 33.3 Å². The zero-order chi connectivity index (χ0) is 21.5. The number of carbonyl (C=O) groups is 1. The molecule has 0 spiro atoms. The third-order valence-electron chi connectivity index (χ3n) is 4.97. The molecular formula is C21H16ClFN2O4S. The lowest BCUT2D eigenvalue weighted by atomic mass is 9.95. The van der Waals surface area contributed by atoms with Crippen LogP contribution in [0.5, 0.6) is 0 Å². The van der Waals surface area contributed by atoms with Gasteiger partial charge < -0.3 is 10.4 Å². The number of carboxylic acid groups (broad SMARTS) is 1. The molecule has 30 heavy (non-hydrogen) atoms. The highest BCUT2D eigenvalue weighted by Crippen LogP contribution is 2.40. The lowest BCUT2D eigenvalue weighted by Gasteiger charge is -2.32. The smallest absolute Gasteiger partial charge is 0.335 e. The summed E-state index contributed by atoms with van der Waals surface area (Å²) in [5, 5.41) is 12.6. The predicted octanol–water partition coefficient (Wildman–Crippen LogP) is 3.98. The van der Waals surface area contributed by atoms with Gasteiger partial charge in [0, 0.05) is 22.7 Å². The molecule has 0 aliphatic carbocycles. The molecule has 0 saturated carbocycles. The van der Waals surface area contributed by atoms with Gasteiger partial charge in [-0.15, -0.1) is 0 Å². The van der Waals surface area contributed by atoms with Gasteiger partial charge in [0.25, 0.3) is 0 Å². The molecule has 9 heteroatoms. The summed E-state index contributed by atoms with van der Waals surface area (Å²) in [6.45, 7) is 0. The molecular weight excluding hydrogens is 431 g/mol. The largest absolute Gasteiger partial charge is 0.478 e. The molecule has 4 rings (SSSR count). The topological polar surface area (TPSA) is 95.5 Å². The van der Waals surface area contributed by atoms with E-state index in [2.05, 4.69) is 10.0 Å². The van der Waals surface area contributed by atoms with Crippen LogP contribution in [0.15, 0.2) is 71.6 Å². The van der Waals surface area contributed by atoms with E-state index in [0.717, 1.165) is 0 Å². The van der Waals surface area contributed by atoms with Crippen LogP contribution in [0.3, 0.4) is 0 Å². The minimum Gasteiger partial charge on any atom is -0.478 e. The standard InChI is InChI=1S/C21H16ClFN2O4S/c22-15-8-10-16(11-9-15)30(28,29)25-21(14-6-4-13(5-7-14)20(26)27)12-17-18(23)2-1-3-19(17)24-21/h1-11,24-25H,12H2,(H,26,27). The van der Waals surface area contributed by atoms with Crippen LogP contribution < -0.4 is 10.0 Å². The number of hydrogen-bond acceptors (Lipinski definition) is 4. The quantitative estimate of drug-likeness (QED) is 0.551. The second kappa shape index (κ2) is 7.39. The van der Waals surface area contributed by atoms with E-state index in [9.17, 15) is 17.6 Å². The van der Waals surface area contributed by atoms with E-state index < -0.39 is 27.5 Å². The molecule has 0 saturated heterocycles. The molecule has 1 aliphatic rings. The van der Waals surface area contributed by atoms with Crippen molar-refractivity contribution in [3.63, 3.8) is 0 Å². The normalized spacial score (nSPS) is 17.9. The monoisotopic (exact) mass is 446 g/mol. The Labute approximate surface area is 177 Å². The number of anilines is 1. The SMILES string of the molecule is O=C(O)c1ccc(C2(NS(=O)(=O)c3ccc(Cl)cc3)Cc3c(F)cccc3N2)cc1. The first-order chi connectivity index (χ1) is 14.2. The van der Waals surface area contributed by atoms with E-state index in [1.165, 1.54) is 60.7 Å². The van der Waals surface area contributed by atoms with Crippen molar-refractivity contribution in [2.45, 2.75) is 17.0 Å². The lowest BCUT2D eigenvalue weighted by Crippen LogP contribution is -2.50.